The summed E-state index contributed by atoms with van der Waals surface area (Å²) < 4.78 is 130. The van der Waals surface area contributed by atoms with E-state index in [-0.39, 0.29) is 18.9 Å². The summed E-state index contributed by atoms with van der Waals surface area (Å²) in [5, 5.41) is 5.35. The van der Waals surface area contributed by atoms with E-state index < -0.39 is 35.5 Å². The molecule has 1 radical (unpaired) electrons. The Balaban J connectivity index is -0.0000000952. The zero-order valence-corrected chi connectivity index (χ0v) is 9.88. The predicted molar refractivity (Wildman–Crippen MR) is 36.9 cm³/mol. The van der Waals surface area contributed by atoms with Crippen LogP contribution in [0.15, 0.2) is 0 Å². The summed E-state index contributed by atoms with van der Waals surface area (Å²) in [6.45, 7) is 0. The molecule has 0 aliphatic heterocycles. The first-order chi connectivity index (χ1) is 7.89. The zero-order chi connectivity index (χ0) is 16.7. The zero-order valence-electron chi connectivity index (χ0n) is 9.07. The van der Waals surface area contributed by atoms with Crippen LogP contribution in [0.25, 0.3) is 0 Å². The summed E-state index contributed by atoms with van der Waals surface area (Å²) >= 11 is 0. The third kappa shape index (κ3) is 36.1. The van der Waals surface area contributed by atoms with Gasteiger partial charge in [0.15, 0.2) is 10.3 Å². The maximum atomic E-state index is 10.4. The topological polar surface area (TPSA) is 81.0 Å². The molecule has 20 heavy (non-hydrogen) atoms. The van der Waals surface area contributed by atoms with Gasteiger partial charge in [0.25, 0.3) is 0 Å². The first-order valence-electron chi connectivity index (χ1n) is 3.29. The van der Waals surface area contributed by atoms with Crippen molar-refractivity contribution in [2.75, 3.05) is 0 Å². The minimum atomic E-state index is -5.33. The van der Waals surface area contributed by atoms with Gasteiger partial charge in [0.05, 0.1) is 0 Å². The Morgan fingerprint density at radius 3 is 0.850 bits per heavy atom. The fraction of sp³-hybridized carbons (Fsp3) is 1.00. The van der Waals surface area contributed by atoms with Crippen molar-refractivity contribution in [1.82, 2.24) is 5.14 Å². The van der Waals surface area contributed by atoms with Crippen molar-refractivity contribution in [2.24, 2.45) is 0 Å². The van der Waals surface area contributed by atoms with Crippen LogP contribution in [0.2, 0.25) is 0 Å². The van der Waals surface area contributed by atoms with Crippen molar-refractivity contribution in [2.45, 2.75) is 25.2 Å². The van der Waals surface area contributed by atoms with Gasteiger partial charge in [-0.3, -0.25) is 0 Å². The van der Waals surface area contributed by atoms with Crippen LogP contribution in [0.5, 0.6) is 0 Å². The SMILES string of the molecule is FC(F)C(F)(F)F.FC(F)C(F)(F)F.[Li+].[NH]S(=O)(=O)[O-]. The number of halogens is 10. The molecular formula is C4H3F10LiNO3S. The Hall–Kier alpha value is -0.233. The monoisotopic (exact) mass is 342 g/mol. The van der Waals surface area contributed by atoms with Gasteiger partial charge in [-0.25, -0.2) is 26.0 Å². The van der Waals surface area contributed by atoms with E-state index in [9.17, 15) is 43.9 Å². The molecule has 4 nitrogen and oxygen atoms in total. The molecule has 0 heterocycles. The van der Waals surface area contributed by atoms with Gasteiger partial charge in [0.1, 0.15) is 0 Å². The molecule has 0 spiro atoms. The van der Waals surface area contributed by atoms with Crippen molar-refractivity contribution in [1.29, 1.82) is 0 Å². The first kappa shape index (κ1) is 28.0. The van der Waals surface area contributed by atoms with Crippen molar-refractivity contribution in [3.05, 3.63) is 0 Å². The standard InChI is InChI=1S/2C2HF5.Li.H2NO3S/c2*3-1(4)2(5,6)7;;1-5(2,3)4/h2*1H;;1H,(H,2,3,4)/q;;+1;/p-1. The number of hydrogen-bond acceptors (Lipinski definition) is 3. The van der Waals surface area contributed by atoms with Gasteiger partial charge in [-0.2, -0.15) is 26.3 Å². The molecule has 0 aromatic carbocycles. The van der Waals surface area contributed by atoms with Gasteiger partial charge in [-0.15, -0.1) is 5.14 Å². The van der Waals surface area contributed by atoms with Gasteiger partial charge in [-0.1, -0.05) is 0 Å². The smallest absolute Gasteiger partial charge is 0.734 e. The number of alkyl halides is 10. The Bertz CT molecular complexity index is 298. The molecule has 0 saturated carbocycles. The summed E-state index contributed by atoms with van der Waals surface area (Å²) in [5.41, 5.74) is 0. The molecule has 119 valence electrons. The van der Waals surface area contributed by atoms with Crippen LogP contribution in [0.3, 0.4) is 0 Å². The molecule has 0 aliphatic carbocycles. The molecule has 0 aromatic heterocycles. The minimum absolute atomic E-state index is 0. The Kier molecular flexibility index (Phi) is 14.7. The van der Waals surface area contributed by atoms with Crippen LogP contribution < -0.4 is 24.0 Å². The molecule has 0 rings (SSSR count). The summed E-state index contributed by atoms with van der Waals surface area (Å²) in [5.74, 6) is 0. The fourth-order valence-electron chi connectivity index (χ4n) is 0. The fourth-order valence-corrected chi connectivity index (χ4v) is 0. The summed E-state index contributed by atoms with van der Waals surface area (Å²) in [7, 11) is -4.67. The molecule has 0 atom stereocenters. The number of nitrogens with one attached hydrogen (secondary N) is 1. The molecule has 0 fully saturated rings. The Morgan fingerprint density at radius 2 is 0.850 bits per heavy atom. The van der Waals surface area contributed by atoms with Gasteiger partial charge in [-0.05, 0) is 0 Å². The van der Waals surface area contributed by atoms with Crippen LogP contribution in [0.4, 0.5) is 43.9 Å². The van der Waals surface area contributed by atoms with Gasteiger partial charge < -0.3 is 4.55 Å². The van der Waals surface area contributed by atoms with Gasteiger partial charge in [0.2, 0.25) is 0 Å². The molecule has 0 aromatic rings. The normalized spacial score (nSPS) is 11.9. The maximum Gasteiger partial charge on any atom is 1.00 e. The van der Waals surface area contributed by atoms with E-state index in [0.717, 1.165) is 0 Å². The average Bonchev–Trinajstić information content (AvgIpc) is 1.97. The van der Waals surface area contributed by atoms with Gasteiger partial charge >= 0.3 is 44.1 Å². The van der Waals surface area contributed by atoms with Crippen LogP contribution in [-0.2, 0) is 10.3 Å². The minimum Gasteiger partial charge on any atom is -0.734 e. The number of rotatable bonds is 0. The van der Waals surface area contributed by atoms with E-state index in [4.69, 9.17) is 18.1 Å². The predicted octanol–water partition coefficient (Wildman–Crippen LogP) is -0.639. The van der Waals surface area contributed by atoms with Crippen molar-refractivity contribution < 1.29 is 75.7 Å². The second-order valence-corrected chi connectivity index (χ2v) is 3.05. The molecule has 0 saturated heterocycles. The van der Waals surface area contributed by atoms with E-state index in [1.165, 1.54) is 0 Å². The molecule has 0 aliphatic rings. The van der Waals surface area contributed by atoms with Crippen LogP contribution in [0, 0.1) is 0 Å². The maximum absolute atomic E-state index is 10.4. The van der Waals surface area contributed by atoms with Gasteiger partial charge in [0, 0.05) is 0 Å². The Labute approximate surface area is 117 Å². The van der Waals surface area contributed by atoms with E-state index in [2.05, 4.69) is 0 Å². The van der Waals surface area contributed by atoms with E-state index in [1.807, 2.05) is 0 Å². The molecule has 0 amide bonds. The summed E-state index contributed by atoms with van der Waals surface area (Å²) in [4.78, 5) is 0. The van der Waals surface area contributed by atoms with Crippen molar-refractivity contribution >= 4 is 10.3 Å². The second-order valence-electron chi connectivity index (χ2n) is 2.14. The molecule has 0 bridgehead atoms. The van der Waals surface area contributed by atoms with E-state index in [1.54, 1.807) is 0 Å². The summed E-state index contributed by atoms with van der Waals surface area (Å²) in [6.07, 6.45) is -19.1. The van der Waals surface area contributed by atoms with Crippen molar-refractivity contribution in [3.63, 3.8) is 0 Å². The van der Waals surface area contributed by atoms with E-state index >= 15 is 0 Å². The molecule has 1 N–H and O–H groups in total. The third-order valence-corrected chi connectivity index (χ3v) is 0.495. The molecule has 16 heteroatoms. The van der Waals surface area contributed by atoms with Crippen LogP contribution in [0.1, 0.15) is 0 Å². The van der Waals surface area contributed by atoms with Crippen LogP contribution in [-0.4, -0.2) is 38.2 Å². The third-order valence-electron chi connectivity index (χ3n) is 0.495. The average molecular weight is 342 g/mol. The number of hydrogen-bond donors (Lipinski definition) is 0. The second kappa shape index (κ2) is 10.5. The Morgan fingerprint density at radius 1 is 0.800 bits per heavy atom. The quantitative estimate of drug-likeness (QED) is 0.334. The largest absolute Gasteiger partial charge is 1.00 e. The first-order valence-corrected chi connectivity index (χ1v) is 4.70. The van der Waals surface area contributed by atoms with Crippen molar-refractivity contribution in [3.8, 4) is 0 Å². The molecular weight excluding hydrogens is 339 g/mol. The summed E-state index contributed by atoms with van der Waals surface area (Å²) in [6, 6.07) is 0. The van der Waals surface area contributed by atoms with Crippen LogP contribution >= 0.6 is 0 Å². The molecule has 0 unspecified atom stereocenters. The van der Waals surface area contributed by atoms with E-state index in [0.29, 0.717) is 0 Å².